The van der Waals surface area contributed by atoms with E-state index in [9.17, 15) is 14.9 Å². The molecule has 2 rings (SSSR count). The Hall–Kier alpha value is -1.66. The first-order valence-corrected chi connectivity index (χ1v) is 6.40. The molecule has 1 saturated heterocycles. The lowest BCUT2D eigenvalue weighted by Crippen LogP contribution is -2.37. The number of carbonyl (C=O) groups is 1. The van der Waals surface area contributed by atoms with Crippen molar-refractivity contribution in [3.8, 4) is 0 Å². The molecule has 1 aliphatic rings. The molecule has 0 saturated carbocycles. The van der Waals surface area contributed by atoms with Crippen molar-refractivity contribution in [2.24, 2.45) is 0 Å². The molecule has 1 fully saturated rings. The minimum absolute atomic E-state index is 0.179. The molecule has 102 valence electrons. The number of nitro benzene ring substituents is 1. The number of hydrogen-bond donors (Lipinski definition) is 2. The fourth-order valence-electron chi connectivity index (χ4n) is 2.06. The monoisotopic (exact) mass is 283 g/mol. The summed E-state index contributed by atoms with van der Waals surface area (Å²) in [7, 11) is 0. The van der Waals surface area contributed by atoms with Crippen LogP contribution in [0.3, 0.4) is 0 Å². The van der Waals surface area contributed by atoms with Crippen LogP contribution in [0, 0.1) is 10.1 Å². The molecule has 6 nitrogen and oxygen atoms in total. The molecule has 0 aromatic heterocycles. The number of nitrogens with one attached hydrogen (secondary N) is 2. The molecule has 0 bridgehead atoms. The van der Waals surface area contributed by atoms with Crippen molar-refractivity contribution >= 4 is 23.2 Å². The van der Waals surface area contributed by atoms with Crippen LogP contribution in [0.5, 0.6) is 0 Å². The summed E-state index contributed by atoms with van der Waals surface area (Å²) in [5.74, 6) is -0.348. The van der Waals surface area contributed by atoms with Crippen molar-refractivity contribution in [1.29, 1.82) is 0 Å². The lowest BCUT2D eigenvalue weighted by molar-refractivity contribution is -0.384. The number of halogens is 1. The Balaban J connectivity index is 2.03. The van der Waals surface area contributed by atoms with Crippen LogP contribution in [0.25, 0.3) is 0 Å². The first-order valence-electron chi connectivity index (χ1n) is 6.03. The third kappa shape index (κ3) is 3.65. The van der Waals surface area contributed by atoms with Gasteiger partial charge in [0.05, 0.1) is 4.92 Å². The average molecular weight is 284 g/mol. The number of hydrogen-bond acceptors (Lipinski definition) is 4. The lowest BCUT2D eigenvalue weighted by Gasteiger charge is -2.11. The van der Waals surface area contributed by atoms with E-state index in [4.69, 9.17) is 11.6 Å². The molecule has 1 heterocycles. The number of carbonyl (C=O) groups excluding carboxylic acids is 1. The number of benzene rings is 1. The SMILES string of the molecule is O=C(NCC1CCCN1)c1cc(Cl)cc([N+](=O)[O-])c1. The van der Waals surface area contributed by atoms with Crippen molar-refractivity contribution in [2.75, 3.05) is 13.1 Å². The summed E-state index contributed by atoms with van der Waals surface area (Å²) in [6.07, 6.45) is 2.12. The third-order valence-corrected chi connectivity index (χ3v) is 3.25. The highest BCUT2D eigenvalue weighted by molar-refractivity contribution is 6.31. The smallest absolute Gasteiger partial charge is 0.271 e. The number of nitrogens with zero attached hydrogens (tertiary/aromatic N) is 1. The zero-order chi connectivity index (χ0) is 13.8. The van der Waals surface area contributed by atoms with Gasteiger partial charge in [-0.05, 0) is 25.5 Å². The maximum Gasteiger partial charge on any atom is 0.271 e. The Morgan fingerprint density at radius 2 is 2.32 bits per heavy atom. The van der Waals surface area contributed by atoms with Gasteiger partial charge in [0, 0.05) is 35.3 Å². The van der Waals surface area contributed by atoms with Gasteiger partial charge in [0.1, 0.15) is 0 Å². The molecular weight excluding hydrogens is 270 g/mol. The Morgan fingerprint density at radius 3 is 2.95 bits per heavy atom. The summed E-state index contributed by atoms with van der Waals surface area (Å²) in [6, 6.07) is 4.14. The van der Waals surface area contributed by atoms with Gasteiger partial charge in [-0.25, -0.2) is 0 Å². The van der Waals surface area contributed by atoms with E-state index in [-0.39, 0.29) is 28.2 Å². The van der Waals surface area contributed by atoms with Crippen molar-refractivity contribution < 1.29 is 9.72 Å². The van der Waals surface area contributed by atoms with Crippen LogP contribution >= 0.6 is 11.6 Å². The molecule has 1 aliphatic heterocycles. The number of rotatable bonds is 4. The minimum Gasteiger partial charge on any atom is -0.350 e. The fourth-order valence-corrected chi connectivity index (χ4v) is 2.29. The van der Waals surface area contributed by atoms with E-state index in [1.54, 1.807) is 0 Å². The molecule has 2 N–H and O–H groups in total. The largest absolute Gasteiger partial charge is 0.350 e. The molecule has 0 aliphatic carbocycles. The summed E-state index contributed by atoms with van der Waals surface area (Å²) in [5, 5.41) is 16.9. The molecule has 1 aromatic rings. The molecule has 1 unspecified atom stereocenters. The zero-order valence-electron chi connectivity index (χ0n) is 10.2. The van der Waals surface area contributed by atoms with Crippen molar-refractivity contribution in [2.45, 2.75) is 18.9 Å². The minimum atomic E-state index is -0.568. The molecular formula is C12H14ClN3O3. The van der Waals surface area contributed by atoms with Gasteiger partial charge in [0.2, 0.25) is 0 Å². The Bertz CT molecular complexity index is 501. The highest BCUT2D eigenvalue weighted by atomic mass is 35.5. The molecule has 7 heteroatoms. The summed E-state index contributed by atoms with van der Waals surface area (Å²) in [6.45, 7) is 1.47. The van der Waals surface area contributed by atoms with Gasteiger partial charge in [0.15, 0.2) is 0 Å². The van der Waals surface area contributed by atoms with Crippen LogP contribution in [-0.4, -0.2) is 30.0 Å². The van der Waals surface area contributed by atoms with Gasteiger partial charge in [-0.3, -0.25) is 14.9 Å². The predicted molar refractivity (Wildman–Crippen MR) is 71.5 cm³/mol. The van der Waals surface area contributed by atoms with Crippen LogP contribution < -0.4 is 10.6 Å². The summed E-state index contributed by atoms with van der Waals surface area (Å²) in [4.78, 5) is 22.0. The first-order chi connectivity index (χ1) is 9.06. The number of amides is 1. The van der Waals surface area contributed by atoms with Crippen molar-refractivity contribution in [3.63, 3.8) is 0 Å². The summed E-state index contributed by atoms with van der Waals surface area (Å²) in [5.41, 5.74) is 0.0221. The summed E-state index contributed by atoms with van der Waals surface area (Å²) < 4.78 is 0. The van der Waals surface area contributed by atoms with Crippen LogP contribution in [0.1, 0.15) is 23.2 Å². The average Bonchev–Trinajstić information content (AvgIpc) is 2.88. The van der Waals surface area contributed by atoms with Crippen LogP contribution in [-0.2, 0) is 0 Å². The van der Waals surface area contributed by atoms with Gasteiger partial charge in [-0.2, -0.15) is 0 Å². The first kappa shape index (κ1) is 13.8. The maximum atomic E-state index is 11.9. The van der Waals surface area contributed by atoms with E-state index < -0.39 is 4.92 Å². The Kier molecular flexibility index (Phi) is 4.34. The molecule has 0 radical (unpaired) electrons. The second-order valence-corrected chi connectivity index (χ2v) is 4.89. The highest BCUT2D eigenvalue weighted by Crippen LogP contribution is 2.20. The third-order valence-electron chi connectivity index (χ3n) is 3.03. The highest BCUT2D eigenvalue weighted by Gasteiger charge is 2.17. The van der Waals surface area contributed by atoms with Crippen LogP contribution in [0.15, 0.2) is 18.2 Å². The molecule has 1 amide bonds. The van der Waals surface area contributed by atoms with E-state index in [2.05, 4.69) is 10.6 Å². The molecule has 1 atom stereocenters. The quantitative estimate of drug-likeness (QED) is 0.651. The second kappa shape index (κ2) is 5.99. The van der Waals surface area contributed by atoms with E-state index in [1.807, 2.05) is 0 Å². The zero-order valence-corrected chi connectivity index (χ0v) is 10.9. The van der Waals surface area contributed by atoms with Gasteiger partial charge in [-0.1, -0.05) is 11.6 Å². The normalized spacial score (nSPS) is 18.3. The van der Waals surface area contributed by atoms with Gasteiger partial charge in [-0.15, -0.1) is 0 Å². The lowest BCUT2D eigenvalue weighted by atomic mass is 10.1. The van der Waals surface area contributed by atoms with Crippen LogP contribution in [0.4, 0.5) is 5.69 Å². The van der Waals surface area contributed by atoms with Gasteiger partial charge >= 0.3 is 0 Å². The Morgan fingerprint density at radius 1 is 1.53 bits per heavy atom. The number of non-ortho nitro benzene ring substituents is 1. The van der Waals surface area contributed by atoms with Crippen LogP contribution in [0.2, 0.25) is 5.02 Å². The van der Waals surface area contributed by atoms with E-state index in [0.29, 0.717) is 6.54 Å². The van der Waals surface area contributed by atoms with Gasteiger partial charge in [0.25, 0.3) is 11.6 Å². The second-order valence-electron chi connectivity index (χ2n) is 4.46. The van der Waals surface area contributed by atoms with E-state index in [1.165, 1.54) is 18.2 Å². The fraction of sp³-hybridized carbons (Fsp3) is 0.417. The standard InChI is InChI=1S/C12H14ClN3O3/c13-9-4-8(5-11(6-9)16(18)19)12(17)15-7-10-2-1-3-14-10/h4-6,10,14H,1-3,7H2,(H,15,17). The van der Waals surface area contributed by atoms with Crippen molar-refractivity contribution in [1.82, 2.24) is 10.6 Å². The molecule has 1 aromatic carbocycles. The molecule has 0 spiro atoms. The maximum absolute atomic E-state index is 11.9. The van der Waals surface area contributed by atoms with E-state index in [0.717, 1.165) is 19.4 Å². The topological polar surface area (TPSA) is 84.3 Å². The Labute approximate surface area is 115 Å². The van der Waals surface area contributed by atoms with E-state index >= 15 is 0 Å². The summed E-state index contributed by atoms with van der Waals surface area (Å²) >= 11 is 5.77. The van der Waals surface area contributed by atoms with Gasteiger partial charge < -0.3 is 10.6 Å². The molecule has 19 heavy (non-hydrogen) atoms. The van der Waals surface area contributed by atoms with Crippen molar-refractivity contribution in [3.05, 3.63) is 38.9 Å². The predicted octanol–water partition coefficient (Wildman–Crippen LogP) is 1.73. The number of nitro groups is 1.